The zero-order chi connectivity index (χ0) is 37.6. The van der Waals surface area contributed by atoms with Crippen LogP contribution in [0.15, 0.2) is 0 Å². The van der Waals surface area contributed by atoms with Gasteiger partial charge in [-0.1, -0.05) is 0 Å². The number of nitrogens with zero attached hydrogens (tertiary/aromatic N) is 1. The molecular formula is C24Er3F20NO2P2-. The van der Waals surface area contributed by atoms with Crippen molar-refractivity contribution in [3.8, 4) is 0 Å². The Balaban J connectivity index is 0.00000451. The molecule has 0 bridgehead atoms. The van der Waals surface area contributed by atoms with E-state index < -0.39 is 152 Å². The fraction of sp³-hybridized carbons (Fsp3) is 0. The Morgan fingerprint density at radius 2 is 0.327 bits per heavy atom. The van der Waals surface area contributed by atoms with Crippen molar-refractivity contribution in [3.05, 3.63) is 121 Å². The minimum atomic E-state index is -8.11. The molecule has 0 spiro atoms. The summed E-state index contributed by atoms with van der Waals surface area (Å²) in [5.41, 5.74) is 0. The number of rotatable bonds is 6. The van der Waals surface area contributed by atoms with E-state index in [0.29, 0.717) is 0 Å². The van der Waals surface area contributed by atoms with Gasteiger partial charge >= 0.3 is 0 Å². The molecule has 0 unspecified atom stereocenters. The van der Waals surface area contributed by atoms with E-state index in [1.165, 1.54) is 0 Å². The Hall–Kier alpha value is -0.360. The molecule has 0 atom stereocenters. The molecule has 4 aromatic rings. The van der Waals surface area contributed by atoms with Gasteiger partial charge in [-0.05, 0) is 0 Å². The van der Waals surface area contributed by atoms with E-state index in [2.05, 4.69) is 0 Å². The molecule has 0 heterocycles. The maximum Gasteiger partial charge on any atom is 0.200 e. The summed E-state index contributed by atoms with van der Waals surface area (Å²) < 4.78 is 317. The van der Waals surface area contributed by atoms with Crippen LogP contribution in [-0.2, 0) is 9.13 Å². The monoisotopic (exact) mass is 1270 g/mol. The molecule has 0 saturated heterocycles. The number of hydrogen-bond acceptors (Lipinski definition) is 2. The van der Waals surface area contributed by atoms with Crippen LogP contribution in [0.2, 0.25) is 0 Å². The van der Waals surface area contributed by atoms with E-state index in [9.17, 15) is 61.8 Å². The van der Waals surface area contributed by atoms with E-state index in [0.717, 1.165) is 0 Å². The van der Waals surface area contributed by atoms with Crippen molar-refractivity contribution in [2.45, 2.75) is 0 Å². The first-order valence-corrected chi connectivity index (χ1v) is 14.8. The van der Waals surface area contributed by atoms with E-state index >= 15 is 35.1 Å². The van der Waals surface area contributed by atoms with Crippen molar-refractivity contribution in [2.24, 2.45) is 0 Å². The van der Waals surface area contributed by atoms with Gasteiger partial charge in [-0.2, -0.15) is 0 Å². The van der Waals surface area contributed by atoms with Crippen LogP contribution in [0, 0.1) is 228 Å². The van der Waals surface area contributed by atoms with E-state index in [4.69, 9.17) is 0 Å². The van der Waals surface area contributed by atoms with Crippen molar-refractivity contribution in [3.63, 3.8) is 0 Å². The summed E-state index contributed by atoms with van der Waals surface area (Å²) >= 11 is 0. The second-order valence-corrected chi connectivity index (χ2v) is 13.7. The first-order valence-electron chi connectivity index (χ1n) is 11.4. The molecule has 0 saturated carbocycles. The van der Waals surface area contributed by atoms with Crippen molar-refractivity contribution < 1.29 is 209 Å². The van der Waals surface area contributed by atoms with E-state index in [1.807, 2.05) is 4.86 Å². The molecule has 0 aromatic heterocycles. The fourth-order valence-corrected chi connectivity index (χ4v) is 10.2. The van der Waals surface area contributed by atoms with Crippen molar-refractivity contribution in [1.29, 1.82) is 0 Å². The largest absolute Gasteiger partial charge is 0.528 e. The average molecular weight is 1280 g/mol. The van der Waals surface area contributed by atoms with Gasteiger partial charge in [-0.15, -0.1) is 0 Å². The van der Waals surface area contributed by atoms with Crippen LogP contribution >= 0.6 is 14.6 Å². The third-order valence-electron chi connectivity index (χ3n) is 6.21. The molecule has 28 heteroatoms. The van der Waals surface area contributed by atoms with Gasteiger partial charge in [-0.3, -0.25) is 0 Å². The summed E-state index contributed by atoms with van der Waals surface area (Å²) in [6.45, 7) is 0. The van der Waals surface area contributed by atoms with Gasteiger partial charge in [0.15, 0.2) is 93.1 Å². The molecule has 3 nitrogen and oxygen atoms in total. The summed E-state index contributed by atoms with van der Waals surface area (Å²) in [5.74, 6) is -70.2. The Morgan fingerprint density at radius 3 is 0.442 bits per heavy atom. The van der Waals surface area contributed by atoms with E-state index in [1.54, 1.807) is 0 Å². The molecule has 0 amide bonds. The zero-order valence-electron chi connectivity index (χ0n) is 22.6. The maximum absolute atomic E-state index is 15.0. The smallest absolute Gasteiger partial charge is 0.200 e. The maximum atomic E-state index is 15.0. The van der Waals surface area contributed by atoms with Crippen molar-refractivity contribution >= 4 is 35.8 Å². The number of benzene rings is 4. The van der Waals surface area contributed by atoms with Crippen LogP contribution in [0.5, 0.6) is 0 Å². The standard InChI is InChI=1S/C24F20NO2P2.3Er/c25-1-5(29)13(37)21(14(38)6(1)30)48(46,22-15(39)7(31)2(26)8(32)16(22)40)45-49(47,23-17(41)9(33)3(27)10(34)18(23)42)24-19(43)11(35)4(28)12(36)20(24)44;;;/q-1;;;. The van der Waals surface area contributed by atoms with Crippen LogP contribution in [0.1, 0.15) is 0 Å². The summed E-state index contributed by atoms with van der Waals surface area (Å²) in [5, 5.41) is -14.1. The van der Waals surface area contributed by atoms with Gasteiger partial charge in [0.25, 0.3) is 0 Å². The molecule has 300 valence electrons. The van der Waals surface area contributed by atoms with Gasteiger partial charge in [0.05, 0.1) is 35.8 Å². The van der Waals surface area contributed by atoms with Gasteiger partial charge in [0.1, 0.15) is 0 Å². The van der Waals surface area contributed by atoms with Gasteiger partial charge < -0.3 is 14.0 Å². The van der Waals surface area contributed by atoms with Crippen LogP contribution < -0.4 is 21.2 Å². The Labute approximate surface area is 361 Å². The molecule has 0 aliphatic carbocycles. The summed E-state index contributed by atoms with van der Waals surface area (Å²) in [6, 6.07) is 0. The molecule has 0 aliphatic rings. The molecule has 0 aliphatic heterocycles. The molecule has 0 fully saturated rings. The fourth-order valence-electron chi connectivity index (χ4n) is 4.02. The molecule has 4 aromatic carbocycles. The van der Waals surface area contributed by atoms with Crippen LogP contribution in [0.4, 0.5) is 87.8 Å². The first kappa shape index (κ1) is 49.7. The summed E-state index contributed by atoms with van der Waals surface area (Å²) in [4.78, 5) is 1.92. The Bertz CT molecular complexity index is 1840. The zero-order valence-corrected chi connectivity index (χ0v) is 29.9. The second-order valence-electron chi connectivity index (χ2n) is 8.92. The molecule has 52 heavy (non-hydrogen) atoms. The summed E-state index contributed by atoms with van der Waals surface area (Å²) in [6.07, 6.45) is 0. The van der Waals surface area contributed by atoms with Crippen LogP contribution in [-0.4, -0.2) is 0 Å². The average Bonchev–Trinajstić information content (AvgIpc) is 3.04. The van der Waals surface area contributed by atoms with Gasteiger partial charge in [0.2, 0.25) is 23.3 Å². The van der Waals surface area contributed by atoms with Gasteiger partial charge in [-0.25, -0.2) is 87.8 Å². The molecule has 0 radical (unpaired) electrons. The van der Waals surface area contributed by atoms with E-state index in [-0.39, 0.29) is 112 Å². The molecule has 0 N–H and O–H groups in total. The number of halogens is 20. The van der Waals surface area contributed by atoms with Crippen molar-refractivity contribution in [2.75, 3.05) is 0 Å². The minimum absolute atomic E-state index is 0. The third kappa shape index (κ3) is 7.44. The predicted molar refractivity (Wildman–Crippen MR) is 122 cm³/mol. The molecule has 4 rings (SSSR count). The quantitative estimate of drug-likeness (QED) is 0.0852. The van der Waals surface area contributed by atoms with Crippen LogP contribution in [0.3, 0.4) is 0 Å². The summed E-state index contributed by atoms with van der Waals surface area (Å²) in [7, 11) is -16.2. The molecular weight excluding hydrogens is 1280 g/mol. The van der Waals surface area contributed by atoms with Crippen LogP contribution in [0.25, 0.3) is 4.86 Å². The van der Waals surface area contributed by atoms with Gasteiger partial charge in [0, 0.05) is 112 Å². The topological polar surface area (TPSA) is 48.2 Å². The SMILES string of the molecule is O=P([N-]P(=O)(c1c(F)c(F)c(F)c(F)c1F)c1c(F)c(F)c(F)c(F)c1F)(c1c(F)c(F)c(F)c(F)c1F)c1c(F)c(F)c(F)c(F)c1F.[Er].[Er].[Er]. The van der Waals surface area contributed by atoms with Crippen molar-refractivity contribution in [1.82, 2.24) is 0 Å². The Kier molecular flexibility index (Phi) is 16.6. The number of hydrogen-bond donors (Lipinski definition) is 0. The minimum Gasteiger partial charge on any atom is -0.528 e. The second kappa shape index (κ2) is 17.4. The Morgan fingerprint density at radius 1 is 0.231 bits per heavy atom. The third-order valence-corrected chi connectivity index (χ3v) is 12.2. The normalized spacial score (nSPS) is 11.6. The predicted octanol–water partition coefficient (Wildman–Crippen LogP) is 8.00. The first-order chi connectivity index (χ1) is 22.4.